The maximum atomic E-state index is 13.9. The minimum absolute atomic E-state index is 0.0277. The molecular formula is C44H44F4N8O4. The molecule has 0 spiro atoms. The summed E-state index contributed by atoms with van der Waals surface area (Å²) >= 11 is 0. The number of amides is 2. The predicted molar refractivity (Wildman–Crippen MR) is 224 cm³/mol. The highest BCUT2D eigenvalue weighted by Crippen LogP contribution is 2.33. The van der Waals surface area contributed by atoms with Gasteiger partial charge >= 0.3 is 0 Å². The number of aromatic nitrogens is 2. The Morgan fingerprint density at radius 2 is 1.03 bits per heavy atom. The highest BCUT2D eigenvalue weighted by Gasteiger charge is 2.19. The topological polar surface area (TPSA) is 160 Å². The molecule has 0 saturated carbocycles. The lowest BCUT2D eigenvalue weighted by Crippen LogP contribution is -2.07. The van der Waals surface area contributed by atoms with Crippen molar-refractivity contribution in [2.24, 2.45) is 0 Å². The first kappa shape index (κ1) is 45.7. The first-order chi connectivity index (χ1) is 28.9. The number of fused-ring (bicyclic) bond motifs is 2. The molecule has 0 aliphatic carbocycles. The van der Waals surface area contributed by atoms with Gasteiger partial charge in [0.25, 0.3) is 5.69 Å². The van der Waals surface area contributed by atoms with E-state index < -0.39 is 33.9 Å². The van der Waals surface area contributed by atoms with Crippen molar-refractivity contribution in [1.82, 2.24) is 19.8 Å². The van der Waals surface area contributed by atoms with Crippen molar-refractivity contribution in [1.29, 1.82) is 0 Å². The van der Waals surface area contributed by atoms with Crippen LogP contribution in [-0.4, -0.2) is 51.6 Å². The summed E-state index contributed by atoms with van der Waals surface area (Å²) in [5, 5.41) is 15.3. The van der Waals surface area contributed by atoms with Gasteiger partial charge < -0.3 is 16.4 Å². The number of halogens is 4. The summed E-state index contributed by atoms with van der Waals surface area (Å²) in [6, 6.07) is 18.9. The summed E-state index contributed by atoms with van der Waals surface area (Å²) in [5.41, 5.74) is 12.0. The molecule has 16 heteroatoms. The van der Waals surface area contributed by atoms with Gasteiger partial charge in [0, 0.05) is 62.1 Å². The molecule has 0 saturated heterocycles. The van der Waals surface area contributed by atoms with Gasteiger partial charge in [-0.05, 0) is 102 Å². The lowest BCUT2D eigenvalue weighted by atomic mass is 10.0. The first-order valence-electron chi connectivity index (χ1n) is 18.6. The van der Waals surface area contributed by atoms with E-state index >= 15 is 0 Å². The summed E-state index contributed by atoms with van der Waals surface area (Å²) in [5.74, 6) is -2.25. The molecular weight excluding hydrogens is 781 g/mol. The van der Waals surface area contributed by atoms with Gasteiger partial charge in [-0.15, -0.1) is 0 Å². The smallest absolute Gasteiger partial charge is 0.295 e. The zero-order chi connectivity index (χ0) is 43.8. The van der Waals surface area contributed by atoms with Crippen LogP contribution >= 0.6 is 0 Å². The molecule has 0 unspecified atom stereocenters. The molecule has 12 nitrogen and oxygen atoms in total. The standard InChI is InChI=1S/C13H8F2N2O3.C13H10F2N2O.2C8H10N2.C2H6/c14-9-3-1-8(2-4-9)10-5-12(16-7-18)13(17(19)20)6-11(10)15;14-9-3-1-8(2-4-9)10-5-13(17-7-18)12(16)6-11(10)15;2*1-10-5-7-2-3-9-4-8(7)6-10;1-2/h1-7H,(H,16,18);1-7H,16H2,(H,17,18);2*2-4H,5-6H2,1H3;1-2H3. The van der Waals surface area contributed by atoms with Crippen LogP contribution in [-0.2, 0) is 35.8 Å². The zero-order valence-electron chi connectivity index (χ0n) is 33.3. The fourth-order valence-electron chi connectivity index (χ4n) is 6.15. The van der Waals surface area contributed by atoms with E-state index in [1.165, 1.54) is 64.7 Å². The van der Waals surface area contributed by atoms with Gasteiger partial charge in [0.2, 0.25) is 12.8 Å². The summed E-state index contributed by atoms with van der Waals surface area (Å²) in [4.78, 5) is 43.5. The van der Waals surface area contributed by atoms with Gasteiger partial charge in [-0.3, -0.25) is 39.5 Å². The van der Waals surface area contributed by atoms with E-state index in [1.807, 2.05) is 38.6 Å². The van der Waals surface area contributed by atoms with E-state index in [1.54, 1.807) is 0 Å². The van der Waals surface area contributed by atoms with Gasteiger partial charge in [0.1, 0.15) is 29.0 Å². The molecule has 8 rings (SSSR count). The normalized spacial score (nSPS) is 12.3. The summed E-state index contributed by atoms with van der Waals surface area (Å²) in [6.07, 6.45) is 8.35. The van der Waals surface area contributed by atoms with Crippen LogP contribution in [0.2, 0.25) is 0 Å². The van der Waals surface area contributed by atoms with Crippen LogP contribution in [0.15, 0.2) is 110 Å². The van der Waals surface area contributed by atoms with Gasteiger partial charge in [-0.25, -0.2) is 17.6 Å². The number of rotatable bonds is 7. The SMILES string of the molecule is CC.CN1Cc2ccncc2C1.CN1Cc2ccncc2C1.Nc1cc(F)c(-c2ccc(F)cc2)cc1NC=O.O=CNc1cc(-c2ccc(F)cc2)c(F)cc1[N+](=O)[O-]. The third kappa shape index (κ3) is 12.5. The van der Waals surface area contributed by atoms with Gasteiger partial charge in [-0.2, -0.15) is 0 Å². The number of nitrogen functional groups attached to an aromatic ring is 1. The molecule has 312 valence electrons. The van der Waals surface area contributed by atoms with E-state index in [0.29, 0.717) is 29.3 Å². The molecule has 4 N–H and O–H groups in total. The highest BCUT2D eigenvalue weighted by atomic mass is 19.1. The molecule has 0 fully saturated rings. The zero-order valence-corrected chi connectivity index (χ0v) is 33.3. The summed E-state index contributed by atoms with van der Waals surface area (Å²) < 4.78 is 53.3. The van der Waals surface area contributed by atoms with Crippen LogP contribution in [0.3, 0.4) is 0 Å². The third-order valence-corrected chi connectivity index (χ3v) is 8.93. The average Bonchev–Trinajstić information content (AvgIpc) is 3.82. The number of hydrogen-bond donors (Lipinski definition) is 3. The Labute approximate surface area is 344 Å². The molecule has 2 aliphatic heterocycles. The number of nitro benzene ring substituents is 1. The first-order valence-corrected chi connectivity index (χ1v) is 18.6. The average molecular weight is 825 g/mol. The van der Waals surface area contributed by atoms with Crippen molar-refractivity contribution < 1.29 is 32.1 Å². The second-order valence-electron chi connectivity index (χ2n) is 13.2. The number of carbonyl (C=O) groups is 2. The fraction of sp³-hybridized carbons (Fsp3) is 0.182. The van der Waals surface area contributed by atoms with E-state index in [0.717, 1.165) is 50.4 Å². The minimum atomic E-state index is -0.834. The van der Waals surface area contributed by atoms with E-state index in [2.05, 4.69) is 56.6 Å². The van der Waals surface area contributed by atoms with E-state index in [9.17, 15) is 37.3 Å². The Morgan fingerprint density at radius 1 is 0.633 bits per heavy atom. The van der Waals surface area contributed by atoms with E-state index in [4.69, 9.17) is 5.73 Å². The van der Waals surface area contributed by atoms with Gasteiger partial charge in [0.15, 0.2) is 0 Å². The number of benzene rings is 4. The molecule has 0 bridgehead atoms. The van der Waals surface area contributed by atoms with Crippen LogP contribution in [0, 0.1) is 33.4 Å². The van der Waals surface area contributed by atoms with Crippen molar-refractivity contribution in [2.75, 3.05) is 30.5 Å². The second-order valence-corrected chi connectivity index (χ2v) is 13.2. The number of nitrogens with zero attached hydrogens (tertiary/aromatic N) is 5. The number of carbonyl (C=O) groups excluding carboxylic acids is 2. The molecule has 2 amide bonds. The van der Waals surface area contributed by atoms with Crippen molar-refractivity contribution in [3.8, 4) is 22.3 Å². The quantitative estimate of drug-likeness (QED) is 0.0470. The lowest BCUT2D eigenvalue weighted by Gasteiger charge is -2.09. The Kier molecular flexibility index (Phi) is 16.9. The molecule has 2 aromatic heterocycles. The monoisotopic (exact) mass is 824 g/mol. The highest BCUT2D eigenvalue weighted by molar-refractivity contribution is 5.84. The number of anilines is 3. The molecule has 0 radical (unpaired) electrons. The maximum Gasteiger partial charge on any atom is 0.295 e. The second kappa shape index (κ2) is 22.2. The van der Waals surface area contributed by atoms with Crippen molar-refractivity contribution in [2.45, 2.75) is 40.0 Å². The summed E-state index contributed by atoms with van der Waals surface area (Å²) in [7, 11) is 4.25. The Balaban J connectivity index is 0.000000181. The van der Waals surface area contributed by atoms with Crippen LogP contribution in [0.1, 0.15) is 36.1 Å². The molecule has 2 aliphatic rings. The molecule has 6 aromatic rings. The van der Waals surface area contributed by atoms with Crippen LogP contribution in [0.5, 0.6) is 0 Å². The lowest BCUT2D eigenvalue weighted by molar-refractivity contribution is -0.384. The minimum Gasteiger partial charge on any atom is -0.397 e. The van der Waals surface area contributed by atoms with Crippen LogP contribution in [0.4, 0.5) is 40.3 Å². The number of pyridine rings is 2. The number of nitro groups is 1. The molecule has 0 atom stereocenters. The third-order valence-electron chi connectivity index (χ3n) is 8.93. The number of hydrogen-bond acceptors (Lipinski definition) is 9. The van der Waals surface area contributed by atoms with Crippen molar-refractivity contribution in [3.05, 3.63) is 165 Å². The Morgan fingerprint density at radius 3 is 1.45 bits per heavy atom. The Bertz CT molecular complexity index is 2280. The van der Waals surface area contributed by atoms with Crippen LogP contribution < -0.4 is 16.4 Å². The van der Waals surface area contributed by atoms with Gasteiger partial charge in [0.05, 0.1) is 22.4 Å². The number of nitrogens with one attached hydrogen (secondary N) is 2. The predicted octanol–water partition coefficient (Wildman–Crippen LogP) is 8.97. The van der Waals surface area contributed by atoms with E-state index in [-0.39, 0.29) is 28.9 Å². The molecule has 4 heterocycles. The van der Waals surface area contributed by atoms with Crippen molar-refractivity contribution in [3.63, 3.8) is 0 Å². The Hall–Kier alpha value is -7.04. The maximum absolute atomic E-state index is 13.9. The summed E-state index contributed by atoms with van der Waals surface area (Å²) in [6.45, 7) is 8.28. The van der Waals surface area contributed by atoms with Crippen LogP contribution in [0.25, 0.3) is 22.3 Å². The van der Waals surface area contributed by atoms with Gasteiger partial charge in [-0.1, -0.05) is 38.1 Å². The van der Waals surface area contributed by atoms with Crippen molar-refractivity contribution >= 4 is 35.6 Å². The molecule has 60 heavy (non-hydrogen) atoms. The molecule has 4 aromatic carbocycles. The fourth-order valence-corrected chi connectivity index (χ4v) is 6.15. The largest absolute Gasteiger partial charge is 0.397 e. The number of nitrogens with two attached hydrogens (primary N) is 1.